The van der Waals surface area contributed by atoms with Crippen molar-refractivity contribution in [2.75, 3.05) is 12.4 Å². The molecule has 3 rings (SSSR count). The van der Waals surface area contributed by atoms with Gasteiger partial charge >= 0.3 is 0 Å². The van der Waals surface area contributed by atoms with Crippen LogP contribution < -0.4 is 10.1 Å². The van der Waals surface area contributed by atoms with Gasteiger partial charge in [-0.05, 0) is 55.0 Å². The molecule has 1 aromatic carbocycles. The molecule has 0 aliphatic carbocycles. The van der Waals surface area contributed by atoms with E-state index in [-0.39, 0.29) is 5.91 Å². The standard InChI is InChI=1S/C17H16N2O2/c1-12-11-14-5-3-4-10-19(14)16(12)17(20)18-13-6-8-15(21-2)9-7-13/h3-11H,1-2H3,(H,18,20). The first-order chi connectivity index (χ1) is 10.2. The zero-order chi connectivity index (χ0) is 14.8. The number of pyridine rings is 1. The van der Waals surface area contributed by atoms with E-state index in [9.17, 15) is 4.79 Å². The van der Waals surface area contributed by atoms with Crippen LogP contribution >= 0.6 is 0 Å². The highest BCUT2D eigenvalue weighted by molar-refractivity contribution is 6.05. The van der Waals surface area contributed by atoms with E-state index in [1.165, 1.54) is 0 Å². The average molecular weight is 280 g/mol. The third-order valence-corrected chi connectivity index (χ3v) is 3.43. The molecule has 3 aromatic rings. The first-order valence-electron chi connectivity index (χ1n) is 6.71. The normalized spacial score (nSPS) is 10.6. The van der Waals surface area contributed by atoms with E-state index in [1.54, 1.807) is 7.11 Å². The number of fused-ring (bicyclic) bond motifs is 1. The van der Waals surface area contributed by atoms with Gasteiger partial charge in [0.15, 0.2) is 0 Å². The van der Waals surface area contributed by atoms with Crippen molar-refractivity contribution in [1.29, 1.82) is 0 Å². The van der Waals surface area contributed by atoms with Gasteiger partial charge < -0.3 is 14.5 Å². The Morgan fingerprint density at radius 2 is 1.90 bits per heavy atom. The minimum absolute atomic E-state index is 0.121. The van der Waals surface area contributed by atoms with Gasteiger partial charge in [-0.25, -0.2) is 0 Å². The van der Waals surface area contributed by atoms with Gasteiger partial charge in [-0.15, -0.1) is 0 Å². The van der Waals surface area contributed by atoms with Crippen molar-refractivity contribution in [3.8, 4) is 5.75 Å². The van der Waals surface area contributed by atoms with Crippen LogP contribution in [0.25, 0.3) is 5.52 Å². The summed E-state index contributed by atoms with van der Waals surface area (Å²) in [5.74, 6) is 0.640. The molecule has 1 amide bonds. The Hall–Kier alpha value is -2.75. The third kappa shape index (κ3) is 2.48. The molecule has 0 aliphatic rings. The third-order valence-electron chi connectivity index (χ3n) is 3.43. The van der Waals surface area contributed by atoms with Gasteiger partial charge in [0, 0.05) is 17.4 Å². The first-order valence-corrected chi connectivity index (χ1v) is 6.71. The Bertz CT molecular complexity index is 788. The van der Waals surface area contributed by atoms with Crippen molar-refractivity contribution in [3.05, 3.63) is 66.0 Å². The lowest BCUT2D eigenvalue weighted by Crippen LogP contribution is -2.15. The zero-order valence-electron chi connectivity index (χ0n) is 12.0. The lowest BCUT2D eigenvalue weighted by molar-refractivity contribution is 0.102. The largest absolute Gasteiger partial charge is 0.497 e. The van der Waals surface area contributed by atoms with Gasteiger partial charge in [-0.1, -0.05) is 6.07 Å². The minimum Gasteiger partial charge on any atom is -0.497 e. The molecule has 2 heterocycles. The fourth-order valence-corrected chi connectivity index (χ4v) is 2.41. The van der Waals surface area contributed by atoms with Crippen LogP contribution in [-0.4, -0.2) is 17.4 Å². The zero-order valence-corrected chi connectivity index (χ0v) is 12.0. The molecule has 4 nitrogen and oxygen atoms in total. The number of carbonyl (C=O) groups is 1. The van der Waals surface area contributed by atoms with Crippen molar-refractivity contribution in [2.45, 2.75) is 6.92 Å². The van der Waals surface area contributed by atoms with E-state index in [0.717, 1.165) is 22.5 Å². The van der Waals surface area contributed by atoms with Crippen LogP contribution in [0.1, 0.15) is 16.1 Å². The quantitative estimate of drug-likeness (QED) is 0.797. The molecule has 4 heteroatoms. The fraction of sp³-hybridized carbons (Fsp3) is 0.118. The lowest BCUT2D eigenvalue weighted by Gasteiger charge is -2.07. The summed E-state index contributed by atoms with van der Waals surface area (Å²) in [4.78, 5) is 12.5. The monoisotopic (exact) mass is 280 g/mol. The van der Waals surface area contributed by atoms with E-state index in [1.807, 2.05) is 66.1 Å². The second-order valence-electron chi connectivity index (χ2n) is 4.85. The van der Waals surface area contributed by atoms with Crippen molar-refractivity contribution in [3.63, 3.8) is 0 Å². The fourth-order valence-electron chi connectivity index (χ4n) is 2.41. The van der Waals surface area contributed by atoms with E-state index >= 15 is 0 Å². The van der Waals surface area contributed by atoms with E-state index < -0.39 is 0 Å². The number of rotatable bonds is 3. The first kappa shape index (κ1) is 13.2. The highest BCUT2D eigenvalue weighted by Crippen LogP contribution is 2.19. The van der Waals surface area contributed by atoms with E-state index in [4.69, 9.17) is 4.74 Å². The Morgan fingerprint density at radius 1 is 1.14 bits per heavy atom. The van der Waals surface area contributed by atoms with Gasteiger partial charge in [0.2, 0.25) is 0 Å². The smallest absolute Gasteiger partial charge is 0.272 e. The maximum Gasteiger partial charge on any atom is 0.272 e. The van der Waals surface area contributed by atoms with Crippen LogP contribution in [0.3, 0.4) is 0 Å². The van der Waals surface area contributed by atoms with Crippen LogP contribution in [0.2, 0.25) is 0 Å². The average Bonchev–Trinajstić information content (AvgIpc) is 2.83. The Morgan fingerprint density at radius 3 is 2.62 bits per heavy atom. The molecule has 0 atom stereocenters. The highest BCUT2D eigenvalue weighted by atomic mass is 16.5. The number of benzene rings is 1. The van der Waals surface area contributed by atoms with Crippen molar-refractivity contribution in [1.82, 2.24) is 4.40 Å². The molecule has 0 bridgehead atoms. The van der Waals surface area contributed by atoms with E-state index in [2.05, 4.69) is 5.32 Å². The summed E-state index contributed by atoms with van der Waals surface area (Å²) in [5.41, 5.74) is 3.36. The summed E-state index contributed by atoms with van der Waals surface area (Å²) < 4.78 is 7.00. The number of hydrogen-bond donors (Lipinski definition) is 1. The van der Waals surface area contributed by atoms with Crippen molar-refractivity contribution < 1.29 is 9.53 Å². The molecule has 0 fully saturated rings. The van der Waals surface area contributed by atoms with Crippen molar-refractivity contribution >= 4 is 17.1 Å². The number of nitrogens with zero attached hydrogens (tertiary/aromatic N) is 1. The maximum absolute atomic E-state index is 12.5. The Labute approximate surface area is 123 Å². The summed E-state index contributed by atoms with van der Waals surface area (Å²) in [6.45, 7) is 1.94. The van der Waals surface area contributed by atoms with Gasteiger partial charge in [-0.2, -0.15) is 0 Å². The van der Waals surface area contributed by atoms with Crippen molar-refractivity contribution in [2.24, 2.45) is 0 Å². The molecule has 0 radical (unpaired) electrons. The predicted molar refractivity (Wildman–Crippen MR) is 83.1 cm³/mol. The van der Waals surface area contributed by atoms with Gasteiger partial charge in [0.25, 0.3) is 5.91 Å². The SMILES string of the molecule is COc1ccc(NC(=O)c2c(C)cc3ccccn23)cc1. The number of methoxy groups -OCH3 is 1. The van der Waals surface area contributed by atoms with Gasteiger partial charge in [0.05, 0.1) is 7.11 Å². The minimum atomic E-state index is -0.121. The van der Waals surface area contributed by atoms with Gasteiger partial charge in [-0.3, -0.25) is 4.79 Å². The molecule has 0 spiro atoms. The summed E-state index contributed by atoms with van der Waals surface area (Å²) in [6, 6.07) is 15.1. The number of aryl methyl sites for hydroxylation is 1. The number of anilines is 1. The second kappa shape index (κ2) is 5.32. The molecular formula is C17H16N2O2. The van der Waals surface area contributed by atoms with Crippen LogP contribution in [0, 0.1) is 6.92 Å². The second-order valence-corrected chi connectivity index (χ2v) is 4.85. The molecule has 0 saturated heterocycles. The number of ether oxygens (including phenoxy) is 1. The number of carbonyl (C=O) groups excluding carboxylic acids is 1. The number of amides is 1. The molecule has 0 unspecified atom stereocenters. The summed E-state index contributed by atoms with van der Waals surface area (Å²) >= 11 is 0. The number of aromatic nitrogens is 1. The van der Waals surface area contributed by atoms with E-state index in [0.29, 0.717) is 5.69 Å². The van der Waals surface area contributed by atoms with Gasteiger partial charge in [0.1, 0.15) is 11.4 Å². The highest BCUT2D eigenvalue weighted by Gasteiger charge is 2.14. The van der Waals surface area contributed by atoms with Crippen LogP contribution in [0.5, 0.6) is 5.75 Å². The maximum atomic E-state index is 12.5. The Kier molecular flexibility index (Phi) is 3.36. The molecule has 106 valence electrons. The number of hydrogen-bond acceptors (Lipinski definition) is 2. The topological polar surface area (TPSA) is 42.7 Å². The van der Waals surface area contributed by atoms with Crippen LogP contribution in [-0.2, 0) is 0 Å². The molecular weight excluding hydrogens is 264 g/mol. The van der Waals surface area contributed by atoms with Crippen LogP contribution in [0.4, 0.5) is 5.69 Å². The molecule has 1 N–H and O–H groups in total. The predicted octanol–water partition coefficient (Wildman–Crippen LogP) is 3.51. The number of nitrogens with one attached hydrogen (secondary N) is 1. The summed E-state index contributed by atoms with van der Waals surface area (Å²) in [6.07, 6.45) is 1.89. The summed E-state index contributed by atoms with van der Waals surface area (Å²) in [7, 11) is 1.61. The summed E-state index contributed by atoms with van der Waals surface area (Å²) in [5, 5.41) is 2.91. The molecule has 21 heavy (non-hydrogen) atoms. The van der Waals surface area contributed by atoms with Crippen LogP contribution in [0.15, 0.2) is 54.7 Å². The molecule has 0 aliphatic heterocycles. The molecule has 2 aromatic heterocycles. The molecule has 0 saturated carbocycles. The Balaban J connectivity index is 1.91. The lowest BCUT2D eigenvalue weighted by atomic mass is 10.2.